The Hall–Kier alpha value is 1.28. The molecular formula is C13H22Cl2S2. The summed E-state index contributed by atoms with van der Waals surface area (Å²) < 4.78 is 0.0743. The fraction of sp³-hybridized carbons (Fsp3) is 1.00. The van der Waals surface area contributed by atoms with Gasteiger partial charge in [0.05, 0.1) is 4.58 Å². The predicted molar refractivity (Wildman–Crippen MR) is 83.4 cm³/mol. The first kappa shape index (κ1) is 14.7. The summed E-state index contributed by atoms with van der Waals surface area (Å²) >= 11 is 16.9. The summed E-state index contributed by atoms with van der Waals surface area (Å²) in [5.41, 5.74) is 0.498. The van der Waals surface area contributed by atoms with E-state index < -0.39 is 4.33 Å². The quantitative estimate of drug-likeness (QED) is 0.604. The van der Waals surface area contributed by atoms with Crippen LogP contribution in [-0.4, -0.2) is 20.4 Å². The van der Waals surface area contributed by atoms with Crippen LogP contribution in [0.4, 0.5) is 0 Å². The molecule has 0 aromatic rings. The molecule has 1 saturated heterocycles. The van der Waals surface area contributed by atoms with Gasteiger partial charge in [-0.25, -0.2) is 0 Å². The maximum absolute atomic E-state index is 6.40. The second kappa shape index (κ2) is 4.40. The number of rotatable bonds is 1. The van der Waals surface area contributed by atoms with Crippen molar-refractivity contribution in [2.24, 2.45) is 22.7 Å². The van der Waals surface area contributed by atoms with Gasteiger partial charge in [-0.3, -0.25) is 0 Å². The van der Waals surface area contributed by atoms with E-state index in [-0.39, 0.29) is 5.41 Å². The first-order chi connectivity index (χ1) is 7.58. The van der Waals surface area contributed by atoms with Gasteiger partial charge in [0, 0.05) is 11.3 Å². The monoisotopic (exact) mass is 312 g/mol. The van der Waals surface area contributed by atoms with Crippen molar-refractivity contribution in [1.29, 1.82) is 0 Å². The Labute approximate surface area is 124 Å². The standard InChI is InChI=1S/C13H22Cl2S2/c1-11(2,3)8-6-16-10(17-7-8)9-12(4,5)13(9,14)15/h8-10H,6-7H2,1-5H3. The zero-order valence-electron chi connectivity index (χ0n) is 11.2. The van der Waals surface area contributed by atoms with E-state index in [1.165, 1.54) is 11.5 Å². The Morgan fingerprint density at radius 3 is 1.76 bits per heavy atom. The van der Waals surface area contributed by atoms with E-state index in [1.807, 2.05) is 0 Å². The van der Waals surface area contributed by atoms with Crippen LogP contribution in [0, 0.1) is 22.7 Å². The lowest BCUT2D eigenvalue weighted by Crippen LogP contribution is -2.30. The van der Waals surface area contributed by atoms with E-state index in [4.69, 9.17) is 23.2 Å². The number of halogens is 2. The fourth-order valence-corrected chi connectivity index (χ4v) is 8.20. The topological polar surface area (TPSA) is 0 Å². The van der Waals surface area contributed by atoms with E-state index in [1.54, 1.807) is 0 Å². The lowest BCUT2D eigenvalue weighted by molar-refractivity contribution is 0.292. The fourth-order valence-electron chi connectivity index (χ4n) is 2.42. The Morgan fingerprint density at radius 2 is 1.47 bits per heavy atom. The third-order valence-electron chi connectivity index (χ3n) is 4.36. The van der Waals surface area contributed by atoms with Gasteiger partial charge in [0.2, 0.25) is 0 Å². The second-order valence-corrected chi connectivity index (χ2v) is 11.0. The summed E-state index contributed by atoms with van der Waals surface area (Å²) in [7, 11) is 0. The van der Waals surface area contributed by atoms with Crippen molar-refractivity contribution in [3.63, 3.8) is 0 Å². The molecule has 100 valence electrons. The second-order valence-electron chi connectivity index (χ2n) is 6.92. The van der Waals surface area contributed by atoms with E-state index >= 15 is 0 Å². The zero-order chi connectivity index (χ0) is 13.1. The van der Waals surface area contributed by atoms with Crippen LogP contribution in [0.1, 0.15) is 34.6 Å². The van der Waals surface area contributed by atoms with Crippen LogP contribution in [0.15, 0.2) is 0 Å². The predicted octanol–water partition coefficient (Wildman–Crippen LogP) is 5.28. The molecule has 1 aliphatic heterocycles. The van der Waals surface area contributed by atoms with Crippen molar-refractivity contribution in [3.8, 4) is 0 Å². The van der Waals surface area contributed by atoms with Crippen molar-refractivity contribution in [2.45, 2.75) is 43.5 Å². The molecule has 0 amide bonds. The number of hydrogen-bond donors (Lipinski definition) is 0. The molecule has 2 fully saturated rings. The van der Waals surface area contributed by atoms with E-state index in [0.29, 0.717) is 15.9 Å². The van der Waals surface area contributed by atoms with Gasteiger partial charge in [-0.05, 0) is 22.8 Å². The van der Waals surface area contributed by atoms with Gasteiger partial charge in [-0.15, -0.1) is 46.7 Å². The van der Waals surface area contributed by atoms with Crippen LogP contribution in [0.5, 0.6) is 0 Å². The molecule has 0 aromatic carbocycles. The van der Waals surface area contributed by atoms with Gasteiger partial charge in [-0.2, -0.15) is 0 Å². The zero-order valence-corrected chi connectivity index (χ0v) is 14.4. The third kappa shape index (κ3) is 2.49. The maximum atomic E-state index is 6.40. The molecule has 0 aromatic heterocycles. The van der Waals surface area contributed by atoms with Crippen LogP contribution in [0.2, 0.25) is 0 Å². The highest BCUT2D eigenvalue weighted by Crippen LogP contribution is 2.73. The van der Waals surface area contributed by atoms with Crippen LogP contribution in [0.25, 0.3) is 0 Å². The molecule has 0 nitrogen and oxygen atoms in total. The Balaban J connectivity index is 1.94. The molecule has 1 heterocycles. The summed E-state index contributed by atoms with van der Waals surface area (Å²) in [4.78, 5) is 0. The molecule has 0 N–H and O–H groups in total. The first-order valence-electron chi connectivity index (χ1n) is 6.19. The molecular weight excluding hydrogens is 291 g/mol. The normalized spacial score (nSPS) is 40.1. The average molecular weight is 313 g/mol. The van der Waals surface area contributed by atoms with Crippen molar-refractivity contribution in [1.82, 2.24) is 0 Å². The average Bonchev–Trinajstić information content (AvgIpc) is 2.56. The molecule has 0 spiro atoms. The molecule has 2 rings (SSSR count). The van der Waals surface area contributed by atoms with Crippen molar-refractivity contribution in [2.75, 3.05) is 11.5 Å². The van der Waals surface area contributed by atoms with E-state index in [2.05, 4.69) is 58.1 Å². The Kier molecular flexibility index (Phi) is 3.80. The number of hydrogen-bond acceptors (Lipinski definition) is 2. The smallest absolute Gasteiger partial charge is 0.129 e. The van der Waals surface area contributed by atoms with E-state index in [9.17, 15) is 0 Å². The summed E-state index contributed by atoms with van der Waals surface area (Å²) in [5.74, 6) is 3.74. The van der Waals surface area contributed by atoms with Crippen molar-refractivity contribution >= 4 is 46.7 Å². The number of alkyl halides is 2. The molecule has 1 unspecified atom stereocenters. The third-order valence-corrected chi connectivity index (χ3v) is 9.02. The molecule has 1 atom stereocenters. The van der Waals surface area contributed by atoms with Gasteiger partial charge in [-0.1, -0.05) is 34.6 Å². The molecule has 1 saturated carbocycles. The summed E-state index contributed by atoms with van der Waals surface area (Å²) in [6.45, 7) is 11.4. The SMILES string of the molecule is CC(C)(C)C1CSC(C2C(C)(C)C2(Cl)Cl)SC1. The lowest BCUT2D eigenvalue weighted by atomic mass is 9.83. The minimum atomic E-state index is -0.508. The summed E-state index contributed by atoms with van der Waals surface area (Å²) in [5, 5.41) is 0. The van der Waals surface area contributed by atoms with Crippen molar-refractivity contribution < 1.29 is 0 Å². The molecule has 0 bridgehead atoms. The van der Waals surface area contributed by atoms with E-state index in [0.717, 1.165) is 5.92 Å². The largest absolute Gasteiger partial charge is 0.147 e. The van der Waals surface area contributed by atoms with Gasteiger partial charge in [0.15, 0.2) is 0 Å². The highest BCUT2D eigenvalue weighted by atomic mass is 35.5. The summed E-state index contributed by atoms with van der Waals surface area (Å²) in [6.07, 6.45) is 0. The van der Waals surface area contributed by atoms with Gasteiger partial charge < -0.3 is 0 Å². The molecule has 0 radical (unpaired) electrons. The number of thioether (sulfide) groups is 2. The van der Waals surface area contributed by atoms with Gasteiger partial charge in [0.1, 0.15) is 4.33 Å². The van der Waals surface area contributed by atoms with Crippen LogP contribution < -0.4 is 0 Å². The molecule has 2 aliphatic rings. The summed E-state index contributed by atoms with van der Waals surface area (Å²) in [6, 6.07) is 0. The van der Waals surface area contributed by atoms with Gasteiger partial charge >= 0.3 is 0 Å². The van der Waals surface area contributed by atoms with Crippen LogP contribution in [0.3, 0.4) is 0 Å². The first-order valence-corrected chi connectivity index (χ1v) is 9.05. The van der Waals surface area contributed by atoms with Crippen LogP contribution >= 0.6 is 46.7 Å². The minimum Gasteiger partial charge on any atom is -0.147 e. The highest BCUT2D eigenvalue weighted by molar-refractivity contribution is 8.17. The lowest BCUT2D eigenvalue weighted by Gasteiger charge is -2.36. The Morgan fingerprint density at radius 1 is 1.06 bits per heavy atom. The molecule has 4 heteroatoms. The van der Waals surface area contributed by atoms with Crippen molar-refractivity contribution in [3.05, 3.63) is 0 Å². The molecule has 1 aliphatic carbocycles. The minimum absolute atomic E-state index is 0.0787. The maximum Gasteiger partial charge on any atom is 0.129 e. The molecule has 17 heavy (non-hydrogen) atoms. The van der Waals surface area contributed by atoms with Gasteiger partial charge in [0.25, 0.3) is 0 Å². The van der Waals surface area contributed by atoms with Crippen LogP contribution in [-0.2, 0) is 0 Å². The highest BCUT2D eigenvalue weighted by Gasteiger charge is 2.72. The Bertz CT molecular complexity index is 285.